The second-order valence-corrected chi connectivity index (χ2v) is 12.4. The van der Waals surface area contributed by atoms with Gasteiger partial charge in [0, 0.05) is 33.4 Å². The Kier molecular flexibility index (Phi) is 23.4. The molecular weight excluding hydrogens is 505 g/mol. The number of likely N-dealkylation sites (tertiary alicyclic amines) is 1. The number of rotatable bonds is 27. The number of methoxy groups -OCH3 is 1. The standard InChI is InChI=1S/C29H60NO7P/c1-3-4-5-6-7-8-9-10-11-12-13-14-15-16-17-18-24-35-26-29(34-2)27-37-38(32,33)36-25-23-30-21-19-28(31)20-22-30/h28-29,31H,3-27H2,1-2H3,(H,32,33). The van der Waals surface area contributed by atoms with Crippen LogP contribution in [0.3, 0.4) is 0 Å². The van der Waals surface area contributed by atoms with Gasteiger partial charge in [0.25, 0.3) is 0 Å². The Hall–Kier alpha value is -0.0500. The maximum atomic E-state index is 12.1. The van der Waals surface area contributed by atoms with Crippen molar-refractivity contribution >= 4 is 7.82 Å². The lowest BCUT2D eigenvalue weighted by Crippen LogP contribution is -2.37. The fraction of sp³-hybridized carbons (Fsp3) is 1.00. The van der Waals surface area contributed by atoms with Crippen molar-refractivity contribution < 1.29 is 33.1 Å². The lowest BCUT2D eigenvalue weighted by atomic mass is 10.0. The van der Waals surface area contributed by atoms with Crippen LogP contribution in [0.25, 0.3) is 0 Å². The Morgan fingerprint density at radius 2 is 1.26 bits per heavy atom. The van der Waals surface area contributed by atoms with Crippen LogP contribution in [0.4, 0.5) is 0 Å². The number of aliphatic hydroxyl groups is 1. The van der Waals surface area contributed by atoms with Crippen LogP contribution in [0.2, 0.25) is 0 Å². The fourth-order valence-electron chi connectivity index (χ4n) is 4.79. The number of nitrogens with zero attached hydrogens (tertiary/aromatic N) is 1. The molecule has 0 aromatic carbocycles. The molecule has 0 radical (unpaired) electrons. The normalized spacial score (nSPS) is 17.6. The predicted molar refractivity (Wildman–Crippen MR) is 155 cm³/mol. The summed E-state index contributed by atoms with van der Waals surface area (Å²) in [6.45, 7) is 5.39. The summed E-state index contributed by atoms with van der Waals surface area (Å²) in [6.07, 6.45) is 22.3. The molecule has 0 aromatic rings. The topological polar surface area (TPSA) is 97.7 Å². The molecule has 9 heteroatoms. The zero-order valence-electron chi connectivity index (χ0n) is 24.7. The molecule has 8 nitrogen and oxygen atoms in total. The molecule has 1 aliphatic heterocycles. The largest absolute Gasteiger partial charge is 0.472 e. The summed E-state index contributed by atoms with van der Waals surface area (Å²) in [5, 5.41) is 9.54. The Morgan fingerprint density at radius 3 is 1.76 bits per heavy atom. The smallest absolute Gasteiger partial charge is 0.393 e. The first kappa shape index (κ1) is 36.0. The Balaban J connectivity index is 1.88. The van der Waals surface area contributed by atoms with Gasteiger partial charge >= 0.3 is 7.82 Å². The quantitative estimate of drug-likeness (QED) is 0.0823. The van der Waals surface area contributed by atoms with Crippen molar-refractivity contribution in [1.29, 1.82) is 0 Å². The van der Waals surface area contributed by atoms with Gasteiger partial charge in [-0.3, -0.25) is 9.05 Å². The summed E-state index contributed by atoms with van der Waals surface area (Å²) in [4.78, 5) is 12.0. The van der Waals surface area contributed by atoms with Crippen LogP contribution >= 0.6 is 7.82 Å². The molecule has 0 aromatic heterocycles. The van der Waals surface area contributed by atoms with Crippen molar-refractivity contribution in [3.8, 4) is 0 Å². The number of phosphoric acid groups is 1. The van der Waals surface area contributed by atoms with Crippen molar-refractivity contribution in [3.05, 3.63) is 0 Å². The molecule has 1 heterocycles. The van der Waals surface area contributed by atoms with Gasteiger partial charge in [0.1, 0.15) is 6.10 Å². The first-order valence-corrected chi connectivity index (χ1v) is 17.1. The highest BCUT2D eigenvalue weighted by atomic mass is 31.2. The molecule has 38 heavy (non-hydrogen) atoms. The Morgan fingerprint density at radius 1 is 0.763 bits per heavy atom. The van der Waals surface area contributed by atoms with E-state index in [0.29, 0.717) is 19.8 Å². The highest BCUT2D eigenvalue weighted by Crippen LogP contribution is 2.43. The summed E-state index contributed by atoms with van der Waals surface area (Å²) in [5.74, 6) is 0. The van der Waals surface area contributed by atoms with Gasteiger partial charge in [-0.1, -0.05) is 103 Å². The van der Waals surface area contributed by atoms with Crippen molar-refractivity contribution in [2.75, 3.05) is 53.2 Å². The Bertz CT molecular complexity index is 561. The van der Waals surface area contributed by atoms with E-state index in [1.165, 1.54) is 96.3 Å². The average Bonchev–Trinajstić information content (AvgIpc) is 2.90. The Labute approximate surface area is 233 Å². The predicted octanol–water partition coefficient (Wildman–Crippen LogP) is 6.87. The second-order valence-electron chi connectivity index (χ2n) is 10.9. The zero-order chi connectivity index (χ0) is 27.7. The first-order chi connectivity index (χ1) is 18.5. The maximum absolute atomic E-state index is 12.1. The maximum Gasteiger partial charge on any atom is 0.472 e. The van der Waals surface area contributed by atoms with E-state index >= 15 is 0 Å². The fourth-order valence-corrected chi connectivity index (χ4v) is 5.54. The van der Waals surface area contributed by atoms with Crippen molar-refractivity contribution in [1.82, 2.24) is 4.90 Å². The highest BCUT2D eigenvalue weighted by molar-refractivity contribution is 7.47. The number of hydrogen-bond donors (Lipinski definition) is 2. The lowest BCUT2D eigenvalue weighted by Gasteiger charge is -2.29. The first-order valence-electron chi connectivity index (χ1n) is 15.6. The number of phosphoric ester groups is 1. The number of aliphatic hydroxyl groups excluding tert-OH is 1. The molecule has 228 valence electrons. The molecule has 2 N–H and O–H groups in total. The molecular formula is C29H60NO7P. The lowest BCUT2D eigenvalue weighted by molar-refractivity contribution is -0.0226. The summed E-state index contributed by atoms with van der Waals surface area (Å²) in [6, 6.07) is 0. The van der Waals surface area contributed by atoms with Crippen molar-refractivity contribution in [2.24, 2.45) is 0 Å². The summed E-state index contributed by atoms with van der Waals surface area (Å²) in [5.41, 5.74) is 0. The van der Waals surface area contributed by atoms with Gasteiger partial charge in [0.05, 0.1) is 25.9 Å². The van der Waals surface area contributed by atoms with Crippen LogP contribution in [-0.4, -0.2) is 80.3 Å². The third-order valence-corrected chi connectivity index (χ3v) is 8.41. The highest BCUT2D eigenvalue weighted by Gasteiger charge is 2.24. The van der Waals surface area contributed by atoms with Gasteiger partial charge < -0.3 is 24.4 Å². The van der Waals surface area contributed by atoms with Gasteiger partial charge in [0.2, 0.25) is 0 Å². The van der Waals surface area contributed by atoms with Crippen LogP contribution in [0.15, 0.2) is 0 Å². The minimum Gasteiger partial charge on any atom is -0.393 e. The van der Waals surface area contributed by atoms with E-state index < -0.39 is 13.9 Å². The molecule has 1 fully saturated rings. The van der Waals surface area contributed by atoms with E-state index in [9.17, 15) is 14.6 Å². The SMILES string of the molecule is CCCCCCCCCCCCCCCCCCOCC(COP(=O)(O)OCCN1CCC(O)CC1)OC. The molecule has 0 aliphatic carbocycles. The summed E-state index contributed by atoms with van der Waals surface area (Å²) < 4.78 is 33.3. The number of ether oxygens (including phenoxy) is 2. The van der Waals surface area contributed by atoms with Crippen LogP contribution in [0.5, 0.6) is 0 Å². The van der Waals surface area contributed by atoms with E-state index in [4.69, 9.17) is 18.5 Å². The van der Waals surface area contributed by atoms with Crippen LogP contribution in [0, 0.1) is 0 Å². The number of hydrogen-bond acceptors (Lipinski definition) is 7. The third-order valence-electron chi connectivity index (χ3n) is 7.42. The molecule has 1 saturated heterocycles. The molecule has 0 bridgehead atoms. The van der Waals surface area contributed by atoms with E-state index in [1.54, 1.807) is 7.11 Å². The van der Waals surface area contributed by atoms with E-state index in [-0.39, 0.29) is 19.3 Å². The van der Waals surface area contributed by atoms with E-state index in [2.05, 4.69) is 11.8 Å². The molecule has 0 saturated carbocycles. The van der Waals surface area contributed by atoms with E-state index in [0.717, 1.165) is 32.4 Å². The summed E-state index contributed by atoms with van der Waals surface area (Å²) in [7, 11) is -2.59. The zero-order valence-corrected chi connectivity index (χ0v) is 25.6. The van der Waals surface area contributed by atoms with Crippen LogP contribution in [0.1, 0.15) is 122 Å². The van der Waals surface area contributed by atoms with Crippen LogP contribution in [-0.2, 0) is 23.1 Å². The molecule has 1 aliphatic rings. The van der Waals surface area contributed by atoms with Gasteiger partial charge in [-0.05, 0) is 19.3 Å². The van der Waals surface area contributed by atoms with E-state index in [1.807, 2.05) is 0 Å². The molecule has 0 spiro atoms. The minimum atomic E-state index is -4.13. The third kappa shape index (κ3) is 21.7. The van der Waals surface area contributed by atoms with Gasteiger partial charge in [-0.25, -0.2) is 4.57 Å². The van der Waals surface area contributed by atoms with Gasteiger partial charge in [0.15, 0.2) is 0 Å². The molecule has 2 atom stereocenters. The minimum absolute atomic E-state index is 0.0564. The molecule has 0 amide bonds. The van der Waals surface area contributed by atoms with Crippen molar-refractivity contribution in [2.45, 2.75) is 135 Å². The molecule has 2 unspecified atom stereocenters. The van der Waals surface area contributed by atoms with Crippen molar-refractivity contribution in [3.63, 3.8) is 0 Å². The van der Waals surface area contributed by atoms with Crippen LogP contribution < -0.4 is 0 Å². The molecule has 1 rings (SSSR count). The van der Waals surface area contributed by atoms with Gasteiger partial charge in [-0.15, -0.1) is 0 Å². The number of unbranched alkanes of at least 4 members (excludes halogenated alkanes) is 15. The average molecular weight is 566 g/mol. The summed E-state index contributed by atoms with van der Waals surface area (Å²) >= 11 is 0. The monoisotopic (exact) mass is 565 g/mol. The number of piperidine rings is 1. The second kappa shape index (κ2) is 24.7. The van der Waals surface area contributed by atoms with Gasteiger partial charge in [-0.2, -0.15) is 0 Å².